The van der Waals surface area contributed by atoms with Crippen molar-refractivity contribution in [1.82, 2.24) is 18.8 Å². The molecule has 24 heavy (non-hydrogen) atoms. The molecule has 4 aromatic heterocycles. The van der Waals surface area contributed by atoms with E-state index in [2.05, 4.69) is 9.97 Å². The number of ketones is 1. The standard InChI is InChI=1S/C9H8N2O.C8H6N2O2/c1-7(12)8-2-4-11-5-3-10-9(11)6-8;11-8(12)6-1-3-10-4-2-9-7(10)5-6/h2-6H,1H3;1-5H,(H,11,12). The average molecular weight is 322 g/mol. The quantitative estimate of drug-likeness (QED) is 0.573. The summed E-state index contributed by atoms with van der Waals surface area (Å²) in [5.74, 6) is -0.860. The zero-order chi connectivity index (χ0) is 17.1. The Morgan fingerprint density at radius 2 is 1.38 bits per heavy atom. The Kier molecular flexibility index (Phi) is 4.07. The maximum absolute atomic E-state index is 11.0. The van der Waals surface area contributed by atoms with Gasteiger partial charge in [-0.25, -0.2) is 14.8 Å². The van der Waals surface area contributed by atoms with E-state index in [1.807, 2.05) is 16.8 Å². The molecule has 4 heterocycles. The van der Waals surface area contributed by atoms with Gasteiger partial charge in [0.1, 0.15) is 11.3 Å². The summed E-state index contributed by atoms with van der Waals surface area (Å²) >= 11 is 0. The Balaban J connectivity index is 0.000000141. The molecule has 0 fully saturated rings. The molecule has 0 saturated carbocycles. The van der Waals surface area contributed by atoms with Crippen molar-refractivity contribution in [2.75, 3.05) is 0 Å². The third-order valence-corrected chi connectivity index (χ3v) is 3.45. The normalized spacial score (nSPS) is 10.4. The van der Waals surface area contributed by atoms with Gasteiger partial charge in [0.15, 0.2) is 5.78 Å². The number of hydrogen-bond acceptors (Lipinski definition) is 4. The van der Waals surface area contributed by atoms with E-state index in [4.69, 9.17) is 5.11 Å². The largest absolute Gasteiger partial charge is 0.478 e. The van der Waals surface area contributed by atoms with Crippen molar-refractivity contribution in [3.05, 3.63) is 72.6 Å². The molecule has 0 aliphatic heterocycles. The van der Waals surface area contributed by atoms with Crippen LogP contribution in [0.2, 0.25) is 0 Å². The summed E-state index contributed by atoms with van der Waals surface area (Å²) in [6.07, 6.45) is 10.4. The number of fused-ring (bicyclic) bond motifs is 2. The first-order valence-electron chi connectivity index (χ1n) is 7.14. The molecule has 7 nitrogen and oxygen atoms in total. The molecule has 4 rings (SSSR count). The van der Waals surface area contributed by atoms with E-state index in [1.165, 1.54) is 12.1 Å². The van der Waals surface area contributed by atoms with E-state index in [0.29, 0.717) is 11.2 Å². The van der Waals surface area contributed by atoms with Crippen LogP contribution in [0.4, 0.5) is 0 Å². The van der Waals surface area contributed by atoms with Crippen LogP contribution < -0.4 is 0 Å². The van der Waals surface area contributed by atoms with Gasteiger partial charge in [0.2, 0.25) is 0 Å². The Hall–Kier alpha value is -3.48. The molecule has 0 amide bonds. The second kappa shape index (κ2) is 6.33. The molecule has 0 unspecified atom stereocenters. The van der Waals surface area contributed by atoms with Gasteiger partial charge in [-0.15, -0.1) is 0 Å². The third kappa shape index (κ3) is 3.14. The summed E-state index contributed by atoms with van der Waals surface area (Å²) in [6, 6.07) is 6.64. The fourth-order valence-corrected chi connectivity index (χ4v) is 2.17. The second-order valence-electron chi connectivity index (χ2n) is 5.08. The first-order chi connectivity index (χ1) is 11.5. The Morgan fingerprint density at radius 3 is 1.88 bits per heavy atom. The summed E-state index contributed by atoms with van der Waals surface area (Å²) in [5.41, 5.74) is 2.42. The highest BCUT2D eigenvalue weighted by Crippen LogP contribution is 2.06. The van der Waals surface area contributed by atoms with E-state index in [0.717, 1.165) is 5.65 Å². The van der Waals surface area contributed by atoms with Crippen molar-refractivity contribution in [1.29, 1.82) is 0 Å². The lowest BCUT2D eigenvalue weighted by atomic mass is 10.2. The van der Waals surface area contributed by atoms with Crippen molar-refractivity contribution >= 4 is 23.0 Å². The number of carbonyl (C=O) groups excluding carboxylic acids is 1. The Bertz CT molecular complexity index is 948. The van der Waals surface area contributed by atoms with E-state index >= 15 is 0 Å². The number of aromatic carboxylic acids is 1. The predicted molar refractivity (Wildman–Crippen MR) is 87.3 cm³/mol. The number of pyridine rings is 2. The average Bonchev–Trinajstić information content (AvgIpc) is 3.22. The lowest BCUT2D eigenvalue weighted by Gasteiger charge is -1.95. The predicted octanol–water partition coefficient (Wildman–Crippen LogP) is 2.57. The molecular formula is C17H14N4O3. The molecule has 0 saturated heterocycles. The maximum Gasteiger partial charge on any atom is 0.335 e. The molecule has 0 aliphatic carbocycles. The SMILES string of the molecule is CC(=O)c1ccn2ccnc2c1.O=C(O)c1ccn2ccnc2c1. The molecule has 0 bridgehead atoms. The van der Waals surface area contributed by atoms with Crippen molar-refractivity contribution in [2.45, 2.75) is 6.92 Å². The van der Waals surface area contributed by atoms with Crippen LogP contribution in [0, 0.1) is 0 Å². The van der Waals surface area contributed by atoms with Gasteiger partial charge in [-0.1, -0.05) is 0 Å². The summed E-state index contributed by atoms with van der Waals surface area (Å²) in [4.78, 5) is 29.5. The van der Waals surface area contributed by atoms with Crippen LogP contribution in [0.3, 0.4) is 0 Å². The van der Waals surface area contributed by atoms with Crippen LogP contribution in [-0.2, 0) is 0 Å². The molecular weight excluding hydrogens is 308 g/mol. The topological polar surface area (TPSA) is 89.0 Å². The van der Waals surface area contributed by atoms with Gasteiger partial charge < -0.3 is 13.9 Å². The molecule has 120 valence electrons. The van der Waals surface area contributed by atoms with Crippen LogP contribution >= 0.6 is 0 Å². The zero-order valence-corrected chi connectivity index (χ0v) is 12.8. The highest BCUT2D eigenvalue weighted by molar-refractivity contribution is 5.94. The minimum absolute atomic E-state index is 0.0699. The van der Waals surface area contributed by atoms with Crippen LogP contribution in [0.1, 0.15) is 27.6 Å². The van der Waals surface area contributed by atoms with Crippen LogP contribution in [-0.4, -0.2) is 35.6 Å². The third-order valence-electron chi connectivity index (χ3n) is 3.45. The first-order valence-corrected chi connectivity index (χ1v) is 7.14. The van der Waals surface area contributed by atoms with Gasteiger partial charge in [-0.05, 0) is 31.2 Å². The second-order valence-corrected chi connectivity index (χ2v) is 5.08. The van der Waals surface area contributed by atoms with E-state index in [-0.39, 0.29) is 11.3 Å². The Morgan fingerprint density at radius 1 is 0.875 bits per heavy atom. The molecule has 0 atom stereocenters. The summed E-state index contributed by atoms with van der Waals surface area (Å²) < 4.78 is 3.62. The number of carbonyl (C=O) groups is 2. The molecule has 0 spiro atoms. The minimum atomic E-state index is -0.930. The zero-order valence-electron chi connectivity index (χ0n) is 12.8. The number of carboxylic acid groups (broad SMARTS) is 1. The van der Waals surface area contributed by atoms with Crippen molar-refractivity contribution in [3.63, 3.8) is 0 Å². The van der Waals surface area contributed by atoms with Gasteiger partial charge in [-0.2, -0.15) is 0 Å². The highest BCUT2D eigenvalue weighted by Gasteiger charge is 2.03. The van der Waals surface area contributed by atoms with E-state index in [1.54, 1.807) is 48.2 Å². The number of aromatic nitrogens is 4. The molecule has 1 N–H and O–H groups in total. The number of rotatable bonds is 2. The van der Waals surface area contributed by atoms with Crippen LogP contribution in [0.15, 0.2) is 61.4 Å². The van der Waals surface area contributed by atoms with E-state index in [9.17, 15) is 9.59 Å². The van der Waals surface area contributed by atoms with E-state index < -0.39 is 5.97 Å². The molecule has 0 aliphatic rings. The Labute approximate surface area is 136 Å². The maximum atomic E-state index is 11.0. The smallest absolute Gasteiger partial charge is 0.335 e. The van der Waals surface area contributed by atoms with Gasteiger partial charge in [0.25, 0.3) is 0 Å². The number of carboxylic acids is 1. The summed E-state index contributed by atoms with van der Waals surface area (Å²) in [6.45, 7) is 1.55. The molecule has 7 heteroatoms. The van der Waals surface area contributed by atoms with Crippen LogP contribution in [0.5, 0.6) is 0 Å². The summed E-state index contributed by atoms with van der Waals surface area (Å²) in [5, 5.41) is 8.64. The number of imidazole rings is 2. The van der Waals surface area contributed by atoms with Crippen LogP contribution in [0.25, 0.3) is 11.3 Å². The van der Waals surface area contributed by atoms with Gasteiger partial charge in [0.05, 0.1) is 5.56 Å². The van der Waals surface area contributed by atoms with Crippen molar-refractivity contribution in [3.8, 4) is 0 Å². The summed E-state index contributed by atoms with van der Waals surface area (Å²) in [7, 11) is 0. The van der Waals surface area contributed by atoms with Crippen molar-refractivity contribution < 1.29 is 14.7 Å². The lowest BCUT2D eigenvalue weighted by molar-refractivity contribution is 0.0696. The fraction of sp³-hybridized carbons (Fsp3) is 0.0588. The highest BCUT2D eigenvalue weighted by atomic mass is 16.4. The number of nitrogens with zero attached hydrogens (tertiary/aromatic N) is 4. The molecule has 0 aromatic carbocycles. The monoisotopic (exact) mass is 322 g/mol. The first kappa shape index (κ1) is 15.4. The fourth-order valence-electron chi connectivity index (χ4n) is 2.17. The number of hydrogen-bond donors (Lipinski definition) is 1. The number of Topliss-reactive ketones (excluding diaryl/α,β-unsaturated/α-hetero) is 1. The molecule has 4 aromatic rings. The lowest BCUT2D eigenvalue weighted by Crippen LogP contribution is -1.96. The van der Waals surface area contributed by atoms with Gasteiger partial charge in [-0.3, -0.25) is 4.79 Å². The van der Waals surface area contributed by atoms with Crippen molar-refractivity contribution in [2.24, 2.45) is 0 Å². The van der Waals surface area contributed by atoms with Gasteiger partial charge in [0, 0.05) is 42.7 Å². The van der Waals surface area contributed by atoms with Gasteiger partial charge >= 0.3 is 5.97 Å². The minimum Gasteiger partial charge on any atom is -0.478 e. The molecule has 0 radical (unpaired) electrons.